The second kappa shape index (κ2) is 4.74. The van der Waals surface area contributed by atoms with Gasteiger partial charge in [-0.05, 0) is 25.2 Å². The third kappa shape index (κ3) is 1.79. The molecule has 5 heteroatoms. The van der Waals surface area contributed by atoms with Crippen LogP contribution in [-0.4, -0.2) is 37.2 Å². The summed E-state index contributed by atoms with van der Waals surface area (Å²) in [6.07, 6.45) is 3.88. The van der Waals surface area contributed by atoms with E-state index in [1.54, 1.807) is 0 Å². The van der Waals surface area contributed by atoms with Gasteiger partial charge in [0, 0.05) is 18.3 Å². The van der Waals surface area contributed by atoms with E-state index in [2.05, 4.69) is 6.92 Å². The van der Waals surface area contributed by atoms with Crippen LogP contribution in [0.25, 0.3) is 0 Å². The van der Waals surface area contributed by atoms with E-state index in [4.69, 9.17) is 14.2 Å². The number of allylic oxidation sites excluding steroid dienone is 1. The molecule has 0 amide bonds. The number of carbonyl (C=O) groups is 1. The third-order valence-corrected chi connectivity index (χ3v) is 5.35. The monoisotopic (exact) mass is 282 g/mol. The number of aliphatic hydroxyl groups excluding tert-OH is 1. The Kier molecular flexibility index (Phi) is 3.29. The zero-order valence-corrected chi connectivity index (χ0v) is 12.1. The van der Waals surface area contributed by atoms with Crippen LogP contribution < -0.4 is 0 Å². The van der Waals surface area contributed by atoms with Crippen LogP contribution in [0, 0.1) is 11.3 Å². The van der Waals surface area contributed by atoms with Crippen molar-refractivity contribution in [2.45, 2.75) is 44.8 Å². The fourth-order valence-corrected chi connectivity index (χ4v) is 4.17. The average Bonchev–Trinajstić information content (AvgIpc) is 2.90. The summed E-state index contributed by atoms with van der Waals surface area (Å²) in [6.45, 7) is 3.33. The Balaban J connectivity index is 1.98. The van der Waals surface area contributed by atoms with Crippen LogP contribution in [0.4, 0.5) is 0 Å². The highest BCUT2D eigenvalue weighted by atomic mass is 16.7. The Bertz CT molecular complexity index is 449. The van der Waals surface area contributed by atoms with Crippen LogP contribution in [0.3, 0.4) is 0 Å². The minimum absolute atomic E-state index is 0.175. The molecule has 5 nitrogen and oxygen atoms in total. The normalized spacial score (nSPS) is 36.0. The van der Waals surface area contributed by atoms with Gasteiger partial charge in [0.1, 0.15) is 5.76 Å². The highest BCUT2D eigenvalue weighted by molar-refractivity contribution is 5.89. The molecule has 3 rings (SSSR count). The number of fused-ring (bicyclic) bond motifs is 2. The zero-order valence-electron chi connectivity index (χ0n) is 12.1. The molecule has 0 aromatic carbocycles. The maximum absolute atomic E-state index is 11.9. The van der Waals surface area contributed by atoms with Crippen molar-refractivity contribution in [3.63, 3.8) is 0 Å². The van der Waals surface area contributed by atoms with Crippen molar-refractivity contribution in [1.82, 2.24) is 0 Å². The van der Waals surface area contributed by atoms with Crippen molar-refractivity contribution in [2.75, 3.05) is 20.3 Å². The van der Waals surface area contributed by atoms with Gasteiger partial charge < -0.3 is 19.3 Å². The average molecular weight is 282 g/mol. The van der Waals surface area contributed by atoms with Gasteiger partial charge in [0.15, 0.2) is 5.79 Å². The summed E-state index contributed by atoms with van der Waals surface area (Å²) in [7, 11) is 1.34. The number of aliphatic hydroxyl groups is 1. The van der Waals surface area contributed by atoms with Gasteiger partial charge in [-0.1, -0.05) is 6.92 Å². The van der Waals surface area contributed by atoms with Crippen molar-refractivity contribution in [2.24, 2.45) is 11.3 Å². The van der Waals surface area contributed by atoms with E-state index in [1.807, 2.05) is 0 Å². The number of rotatable bonds is 1. The number of hydrogen-bond donors (Lipinski definition) is 1. The van der Waals surface area contributed by atoms with Crippen LogP contribution in [-0.2, 0) is 19.0 Å². The zero-order chi connectivity index (χ0) is 14.4. The Morgan fingerprint density at radius 3 is 2.75 bits per heavy atom. The number of ether oxygens (including phenoxy) is 3. The maximum Gasteiger partial charge on any atom is 0.337 e. The standard InChI is InChI=1S/C15H22O5/c1-14-9-11(13(17)18-2)12(16)8-10(14)4-3-5-15(14)19-6-7-20-15/h10,16H,3-9H2,1-2H3/t10?,14-/m1/s1. The summed E-state index contributed by atoms with van der Waals surface area (Å²) in [5.74, 6) is -0.589. The summed E-state index contributed by atoms with van der Waals surface area (Å²) >= 11 is 0. The predicted octanol–water partition coefficient (Wildman–Crippen LogP) is 2.31. The molecule has 3 aliphatic rings. The van der Waals surface area contributed by atoms with Crippen molar-refractivity contribution in [3.8, 4) is 0 Å². The highest BCUT2D eigenvalue weighted by Crippen LogP contribution is 2.59. The maximum atomic E-state index is 11.9. The van der Waals surface area contributed by atoms with E-state index in [-0.39, 0.29) is 17.1 Å². The molecule has 1 spiro atoms. The number of esters is 1. The van der Waals surface area contributed by atoms with E-state index in [0.29, 0.717) is 31.6 Å². The molecule has 2 aliphatic carbocycles. The molecule has 112 valence electrons. The molecule has 2 fully saturated rings. The first-order chi connectivity index (χ1) is 9.52. The van der Waals surface area contributed by atoms with Crippen molar-refractivity contribution in [1.29, 1.82) is 0 Å². The van der Waals surface area contributed by atoms with Crippen LogP contribution in [0.5, 0.6) is 0 Å². The molecule has 1 N–H and O–H groups in total. The predicted molar refractivity (Wildman–Crippen MR) is 71.0 cm³/mol. The molecule has 1 heterocycles. The smallest absolute Gasteiger partial charge is 0.337 e. The topological polar surface area (TPSA) is 65.0 Å². The van der Waals surface area contributed by atoms with Gasteiger partial charge in [0.2, 0.25) is 0 Å². The largest absolute Gasteiger partial charge is 0.512 e. The van der Waals surface area contributed by atoms with Crippen LogP contribution in [0.15, 0.2) is 11.3 Å². The van der Waals surface area contributed by atoms with Gasteiger partial charge in [-0.15, -0.1) is 0 Å². The summed E-state index contributed by atoms with van der Waals surface area (Å²) in [4.78, 5) is 11.9. The summed E-state index contributed by atoms with van der Waals surface area (Å²) < 4.78 is 16.7. The van der Waals surface area contributed by atoms with E-state index >= 15 is 0 Å². The molecule has 2 atom stereocenters. The lowest BCUT2D eigenvalue weighted by molar-refractivity contribution is -0.270. The minimum atomic E-state index is -0.601. The summed E-state index contributed by atoms with van der Waals surface area (Å²) in [5.41, 5.74) is 0.101. The molecule has 0 aromatic rings. The van der Waals surface area contributed by atoms with E-state index in [9.17, 15) is 9.90 Å². The Labute approximate surface area is 118 Å². The molecule has 1 saturated heterocycles. The van der Waals surface area contributed by atoms with Crippen molar-refractivity contribution >= 4 is 5.97 Å². The third-order valence-electron chi connectivity index (χ3n) is 5.35. The second-order valence-electron chi connectivity index (χ2n) is 6.25. The van der Waals surface area contributed by atoms with E-state index in [1.165, 1.54) is 7.11 Å². The molecule has 1 saturated carbocycles. The minimum Gasteiger partial charge on any atom is -0.512 e. The lowest BCUT2D eigenvalue weighted by Crippen LogP contribution is -2.56. The highest BCUT2D eigenvalue weighted by Gasteiger charge is 2.60. The number of carbonyl (C=O) groups excluding carboxylic acids is 1. The van der Waals surface area contributed by atoms with Gasteiger partial charge in [-0.25, -0.2) is 4.79 Å². The van der Waals surface area contributed by atoms with Crippen molar-refractivity contribution < 1.29 is 24.1 Å². The Morgan fingerprint density at radius 1 is 1.40 bits per heavy atom. The molecule has 0 aromatic heterocycles. The van der Waals surface area contributed by atoms with Gasteiger partial charge >= 0.3 is 5.97 Å². The van der Waals surface area contributed by atoms with E-state index in [0.717, 1.165) is 19.3 Å². The molecule has 20 heavy (non-hydrogen) atoms. The fraction of sp³-hybridized carbons (Fsp3) is 0.800. The van der Waals surface area contributed by atoms with Crippen molar-refractivity contribution in [3.05, 3.63) is 11.3 Å². The fourth-order valence-electron chi connectivity index (χ4n) is 4.17. The lowest BCUT2D eigenvalue weighted by Gasteiger charge is -2.54. The molecule has 1 unspecified atom stereocenters. The van der Waals surface area contributed by atoms with Gasteiger partial charge in [-0.3, -0.25) is 0 Å². The van der Waals surface area contributed by atoms with Crippen LogP contribution in [0.1, 0.15) is 39.0 Å². The molecule has 0 radical (unpaired) electrons. The first-order valence-electron chi connectivity index (χ1n) is 7.30. The Morgan fingerprint density at radius 2 is 2.10 bits per heavy atom. The van der Waals surface area contributed by atoms with Gasteiger partial charge in [0.25, 0.3) is 0 Å². The number of hydrogen-bond acceptors (Lipinski definition) is 5. The molecule has 1 aliphatic heterocycles. The first-order valence-corrected chi connectivity index (χ1v) is 7.30. The van der Waals surface area contributed by atoms with Gasteiger partial charge in [0.05, 0.1) is 25.9 Å². The summed E-state index contributed by atoms with van der Waals surface area (Å²) in [6, 6.07) is 0. The molecular weight excluding hydrogens is 260 g/mol. The van der Waals surface area contributed by atoms with Gasteiger partial charge in [-0.2, -0.15) is 0 Å². The lowest BCUT2D eigenvalue weighted by atomic mass is 9.57. The second-order valence-corrected chi connectivity index (χ2v) is 6.25. The summed E-state index contributed by atoms with van der Waals surface area (Å²) in [5, 5.41) is 10.2. The van der Waals surface area contributed by atoms with Crippen LogP contribution in [0.2, 0.25) is 0 Å². The van der Waals surface area contributed by atoms with Crippen LogP contribution >= 0.6 is 0 Å². The SMILES string of the molecule is COC(=O)C1=C(O)CC2CCCC3(OCCO3)[C@]2(C)C1. The van der Waals surface area contributed by atoms with E-state index < -0.39 is 11.8 Å². The molecular formula is C15H22O5. The molecule has 0 bridgehead atoms. The number of methoxy groups -OCH3 is 1. The first kappa shape index (κ1) is 13.9. The Hall–Kier alpha value is -1.07. The quantitative estimate of drug-likeness (QED) is 0.748.